The van der Waals surface area contributed by atoms with Crippen LogP contribution >= 0.6 is 11.6 Å². The van der Waals surface area contributed by atoms with Gasteiger partial charge in [-0.25, -0.2) is 0 Å². The van der Waals surface area contributed by atoms with Gasteiger partial charge in [-0.05, 0) is 62.9 Å². The highest BCUT2D eigenvalue weighted by Gasteiger charge is 2.07. The molecule has 0 aliphatic carbocycles. The van der Waals surface area contributed by atoms with E-state index < -0.39 is 0 Å². The number of hydrogen-bond acceptors (Lipinski definition) is 4. The smallest absolute Gasteiger partial charge is 0.292 e. The van der Waals surface area contributed by atoms with Crippen molar-refractivity contribution < 1.29 is 9.53 Å². The molecule has 1 saturated heterocycles. The van der Waals surface area contributed by atoms with Gasteiger partial charge in [0.05, 0.1) is 7.11 Å². The zero-order valence-corrected chi connectivity index (χ0v) is 13.6. The van der Waals surface area contributed by atoms with Gasteiger partial charge in [-0.1, -0.05) is 11.6 Å². The van der Waals surface area contributed by atoms with Crippen LogP contribution in [0.2, 0.25) is 5.02 Å². The van der Waals surface area contributed by atoms with Crippen LogP contribution in [0.4, 0.5) is 5.69 Å². The number of carbonyl (C=O) groups excluding carboxylic acids is 1. The number of ether oxygens (including phenoxy) is 1. The number of nitrogens with one attached hydrogen (secondary N) is 2. The molecule has 2 aliphatic rings. The Morgan fingerprint density at radius 2 is 2.10 bits per heavy atom. The Kier molecular flexibility index (Phi) is 8.87. The third-order valence-electron chi connectivity index (χ3n) is 3.41. The van der Waals surface area contributed by atoms with E-state index in [0.29, 0.717) is 6.47 Å². The number of methoxy groups -OCH3 is 1. The van der Waals surface area contributed by atoms with Crippen LogP contribution in [0.1, 0.15) is 31.7 Å². The quantitative estimate of drug-likeness (QED) is 0.782. The molecule has 2 N–H and O–H groups in total. The van der Waals surface area contributed by atoms with Crippen molar-refractivity contribution in [1.82, 2.24) is 5.32 Å². The molecule has 3 rings (SSSR count). The second-order valence-corrected chi connectivity index (χ2v) is 5.60. The third-order valence-corrected chi connectivity index (χ3v) is 3.64. The minimum Gasteiger partial charge on any atom is -0.471 e. The van der Waals surface area contributed by atoms with Gasteiger partial charge in [0.15, 0.2) is 0 Å². The molecular weight excluding hydrogens is 288 g/mol. The fourth-order valence-electron chi connectivity index (χ4n) is 2.30. The van der Waals surface area contributed by atoms with Crippen LogP contribution in [0.5, 0.6) is 0 Å². The molecule has 1 aromatic rings. The van der Waals surface area contributed by atoms with Gasteiger partial charge in [-0.15, -0.1) is 0 Å². The predicted molar refractivity (Wildman–Crippen MR) is 88.0 cm³/mol. The number of hydrogen-bond donors (Lipinski definition) is 2. The van der Waals surface area contributed by atoms with E-state index in [4.69, 9.17) is 16.4 Å². The van der Waals surface area contributed by atoms with E-state index in [0.717, 1.165) is 24.0 Å². The van der Waals surface area contributed by atoms with Crippen LogP contribution in [0.3, 0.4) is 0 Å². The first-order chi connectivity index (χ1) is 10.2. The molecule has 0 radical (unpaired) electrons. The molecule has 1 aromatic carbocycles. The third kappa shape index (κ3) is 7.34. The molecule has 2 aliphatic heterocycles. The van der Waals surface area contributed by atoms with Gasteiger partial charge in [0.1, 0.15) is 0 Å². The molecule has 118 valence electrons. The van der Waals surface area contributed by atoms with E-state index in [1.165, 1.54) is 44.2 Å². The molecule has 0 aromatic heterocycles. The molecule has 1 fully saturated rings. The van der Waals surface area contributed by atoms with Crippen molar-refractivity contribution in [1.29, 1.82) is 0 Å². The first-order valence-corrected chi connectivity index (χ1v) is 7.77. The SMILES string of the molecule is CC1CCCN1.COC=O.Clc1ccc2c(c1)CCCN2. The maximum absolute atomic E-state index is 8.95. The van der Waals surface area contributed by atoms with Gasteiger partial charge in [0.2, 0.25) is 0 Å². The van der Waals surface area contributed by atoms with Gasteiger partial charge >= 0.3 is 0 Å². The molecule has 2 heterocycles. The van der Waals surface area contributed by atoms with E-state index in [1.54, 1.807) is 0 Å². The number of rotatable bonds is 1. The van der Waals surface area contributed by atoms with Crippen LogP contribution < -0.4 is 10.6 Å². The van der Waals surface area contributed by atoms with Crippen molar-refractivity contribution in [3.05, 3.63) is 28.8 Å². The minimum atomic E-state index is 0.375. The highest BCUT2D eigenvalue weighted by atomic mass is 35.5. The zero-order valence-electron chi connectivity index (χ0n) is 12.8. The Balaban J connectivity index is 0.000000187. The number of fused-ring (bicyclic) bond motifs is 1. The van der Waals surface area contributed by atoms with Crippen molar-refractivity contribution >= 4 is 23.8 Å². The average Bonchev–Trinajstić information content (AvgIpc) is 2.99. The van der Waals surface area contributed by atoms with Crippen LogP contribution in [-0.2, 0) is 16.0 Å². The van der Waals surface area contributed by atoms with E-state index >= 15 is 0 Å². The highest BCUT2D eigenvalue weighted by molar-refractivity contribution is 6.30. The Bertz CT molecular complexity index is 421. The predicted octanol–water partition coefficient (Wildman–Crippen LogP) is 3.25. The van der Waals surface area contributed by atoms with Crippen molar-refractivity contribution in [2.24, 2.45) is 0 Å². The molecular formula is C16H25ClN2O2. The Hall–Kier alpha value is -1.26. The molecule has 21 heavy (non-hydrogen) atoms. The molecule has 4 nitrogen and oxygen atoms in total. The number of halogens is 1. The molecule has 0 saturated carbocycles. The minimum absolute atomic E-state index is 0.375. The zero-order chi connectivity index (χ0) is 15.5. The summed E-state index contributed by atoms with van der Waals surface area (Å²) in [5.74, 6) is 0. The van der Waals surface area contributed by atoms with Gasteiger partial charge < -0.3 is 15.4 Å². The van der Waals surface area contributed by atoms with Crippen LogP contribution in [0, 0.1) is 0 Å². The van der Waals surface area contributed by atoms with Crippen LogP contribution in [-0.4, -0.2) is 32.7 Å². The summed E-state index contributed by atoms with van der Waals surface area (Å²) in [5, 5.41) is 7.49. The van der Waals surface area contributed by atoms with Gasteiger partial charge in [-0.2, -0.15) is 0 Å². The van der Waals surface area contributed by atoms with E-state index in [2.05, 4.69) is 28.4 Å². The van der Waals surface area contributed by atoms with E-state index in [1.807, 2.05) is 12.1 Å². The highest BCUT2D eigenvalue weighted by Crippen LogP contribution is 2.24. The molecule has 0 spiro atoms. The molecule has 1 unspecified atom stereocenters. The summed E-state index contributed by atoms with van der Waals surface area (Å²) < 4.78 is 3.86. The fraction of sp³-hybridized carbons (Fsp3) is 0.562. The lowest BCUT2D eigenvalue weighted by atomic mass is 10.0. The lowest BCUT2D eigenvalue weighted by Gasteiger charge is -2.17. The van der Waals surface area contributed by atoms with Crippen molar-refractivity contribution in [3.8, 4) is 0 Å². The summed E-state index contributed by atoms with van der Waals surface area (Å²) in [5.41, 5.74) is 2.60. The monoisotopic (exact) mass is 312 g/mol. The number of anilines is 1. The number of aryl methyl sites for hydroxylation is 1. The summed E-state index contributed by atoms with van der Waals surface area (Å²) in [6, 6.07) is 6.82. The normalized spacial score (nSPS) is 18.9. The maximum Gasteiger partial charge on any atom is 0.292 e. The molecule has 5 heteroatoms. The molecule has 0 amide bonds. The largest absolute Gasteiger partial charge is 0.471 e. The summed E-state index contributed by atoms with van der Waals surface area (Å²) in [6.45, 7) is 4.93. The number of carbonyl (C=O) groups is 1. The lowest BCUT2D eigenvalue weighted by molar-refractivity contribution is -0.126. The van der Waals surface area contributed by atoms with E-state index in [9.17, 15) is 0 Å². The summed E-state index contributed by atoms with van der Waals surface area (Å²) in [7, 11) is 1.31. The van der Waals surface area contributed by atoms with Gasteiger partial charge in [0.25, 0.3) is 6.47 Å². The first-order valence-electron chi connectivity index (χ1n) is 7.39. The van der Waals surface area contributed by atoms with Gasteiger partial charge in [-0.3, -0.25) is 4.79 Å². The van der Waals surface area contributed by atoms with Crippen molar-refractivity contribution in [2.45, 2.75) is 38.6 Å². The second-order valence-electron chi connectivity index (χ2n) is 5.16. The Morgan fingerprint density at radius 1 is 1.33 bits per heavy atom. The maximum atomic E-state index is 8.95. The fourth-order valence-corrected chi connectivity index (χ4v) is 2.50. The average molecular weight is 313 g/mol. The van der Waals surface area contributed by atoms with Crippen molar-refractivity contribution in [2.75, 3.05) is 25.5 Å². The van der Waals surface area contributed by atoms with Crippen molar-refractivity contribution in [3.63, 3.8) is 0 Å². The lowest BCUT2D eigenvalue weighted by Crippen LogP contribution is -2.16. The standard InChI is InChI=1S/C9H10ClN.C5H11N.C2H4O2/c10-8-3-4-9-7(6-8)2-1-5-11-9;1-5-3-2-4-6-5;1-4-2-3/h3-4,6,11H,1-2,5H2;5-6H,2-4H2,1H3;2H,1H3. The van der Waals surface area contributed by atoms with Crippen LogP contribution in [0.15, 0.2) is 18.2 Å². The van der Waals surface area contributed by atoms with Crippen LogP contribution in [0.25, 0.3) is 0 Å². The first kappa shape index (κ1) is 17.8. The molecule has 1 atom stereocenters. The number of benzene rings is 1. The summed E-state index contributed by atoms with van der Waals surface area (Å²) in [4.78, 5) is 8.95. The molecule has 0 bridgehead atoms. The summed E-state index contributed by atoms with van der Waals surface area (Å²) >= 11 is 5.85. The summed E-state index contributed by atoms with van der Waals surface area (Å²) in [6.07, 6.45) is 5.12. The van der Waals surface area contributed by atoms with E-state index in [-0.39, 0.29) is 0 Å². The second kappa shape index (κ2) is 10.5. The topological polar surface area (TPSA) is 50.4 Å². The Morgan fingerprint density at radius 3 is 2.62 bits per heavy atom. The Labute approximate surface area is 132 Å². The van der Waals surface area contributed by atoms with Gasteiger partial charge in [0, 0.05) is 23.3 Å².